The lowest BCUT2D eigenvalue weighted by atomic mass is 10.2. The number of rotatable bonds is 6. The average Bonchev–Trinajstić information content (AvgIpc) is 3.04. The van der Waals surface area contributed by atoms with Crippen molar-refractivity contribution in [3.63, 3.8) is 0 Å². The third-order valence-corrected chi connectivity index (χ3v) is 5.62. The van der Waals surface area contributed by atoms with Gasteiger partial charge in [-0.15, -0.1) is 11.3 Å². The molecule has 0 aliphatic carbocycles. The molecule has 3 rings (SSSR count). The van der Waals surface area contributed by atoms with Crippen LogP contribution in [0.5, 0.6) is 0 Å². The molecule has 1 amide bonds. The van der Waals surface area contributed by atoms with Crippen molar-refractivity contribution < 1.29 is 9.18 Å². The summed E-state index contributed by atoms with van der Waals surface area (Å²) in [5.41, 5.74) is 1.13. The van der Waals surface area contributed by atoms with E-state index in [9.17, 15) is 9.18 Å². The first kappa shape index (κ1) is 19.0. The first-order chi connectivity index (χ1) is 12.6. The molecule has 1 saturated heterocycles. The minimum absolute atomic E-state index is 0.172. The van der Waals surface area contributed by atoms with Gasteiger partial charge >= 0.3 is 0 Å². The molecule has 6 heteroatoms. The molecule has 0 radical (unpaired) electrons. The average molecular weight is 376 g/mol. The second-order valence-electron chi connectivity index (χ2n) is 6.86. The molecule has 0 unspecified atom stereocenters. The third-order valence-electron chi connectivity index (χ3n) is 4.76. The van der Waals surface area contributed by atoms with Crippen molar-refractivity contribution in [2.75, 3.05) is 39.8 Å². The molecule has 2 heterocycles. The maximum absolute atomic E-state index is 13.0. The highest BCUT2D eigenvalue weighted by molar-refractivity contribution is 7.09. The molecule has 0 bridgehead atoms. The summed E-state index contributed by atoms with van der Waals surface area (Å²) in [5, 5.41) is 2.04. The second-order valence-corrected chi connectivity index (χ2v) is 7.89. The standard InChI is InChI=1S/C20H26FN3OS/c1-22(15-19-4-2-13-26-19)20(25)16-24-10-3-9-23(11-12-24)14-17-5-7-18(21)8-6-17/h2,4-8,13H,3,9-12,14-16H2,1H3. The number of carbonyl (C=O) groups is 1. The molecule has 26 heavy (non-hydrogen) atoms. The van der Waals surface area contributed by atoms with E-state index in [2.05, 4.69) is 15.9 Å². The van der Waals surface area contributed by atoms with Gasteiger partial charge in [-0.2, -0.15) is 0 Å². The van der Waals surface area contributed by atoms with E-state index < -0.39 is 0 Å². The van der Waals surface area contributed by atoms with E-state index in [1.807, 2.05) is 35.5 Å². The predicted octanol–water partition coefficient (Wildman–Crippen LogP) is 3.05. The summed E-state index contributed by atoms with van der Waals surface area (Å²) in [4.78, 5) is 20.1. The Bertz CT molecular complexity index is 690. The molecule has 1 fully saturated rings. The molecule has 1 aliphatic rings. The van der Waals surface area contributed by atoms with Crippen molar-refractivity contribution in [3.05, 3.63) is 58.0 Å². The van der Waals surface area contributed by atoms with Crippen molar-refractivity contribution in [3.8, 4) is 0 Å². The zero-order valence-corrected chi connectivity index (χ0v) is 16.1. The van der Waals surface area contributed by atoms with Crippen LogP contribution in [0.25, 0.3) is 0 Å². The lowest BCUT2D eigenvalue weighted by molar-refractivity contribution is -0.131. The van der Waals surface area contributed by atoms with Crippen LogP contribution in [0.4, 0.5) is 4.39 Å². The highest BCUT2D eigenvalue weighted by Crippen LogP contribution is 2.12. The van der Waals surface area contributed by atoms with Gasteiger partial charge in [0.15, 0.2) is 0 Å². The molecule has 2 aromatic rings. The number of amides is 1. The summed E-state index contributed by atoms with van der Waals surface area (Å²) in [7, 11) is 1.88. The van der Waals surface area contributed by atoms with Gasteiger partial charge in [-0.05, 0) is 48.7 Å². The van der Waals surface area contributed by atoms with Crippen molar-refractivity contribution in [2.45, 2.75) is 19.5 Å². The van der Waals surface area contributed by atoms with Crippen LogP contribution in [-0.4, -0.2) is 60.4 Å². The molecule has 0 N–H and O–H groups in total. The summed E-state index contributed by atoms with van der Waals surface area (Å²) in [6.45, 7) is 5.76. The van der Waals surface area contributed by atoms with Crippen LogP contribution in [-0.2, 0) is 17.9 Å². The van der Waals surface area contributed by atoms with E-state index in [1.165, 1.54) is 17.0 Å². The Hall–Kier alpha value is -1.76. The number of thiophene rings is 1. The molecular formula is C20H26FN3OS. The first-order valence-electron chi connectivity index (χ1n) is 9.05. The van der Waals surface area contributed by atoms with Crippen LogP contribution in [0, 0.1) is 5.82 Å². The molecule has 0 saturated carbocycles. The van der Waals surface area contributed by atoms with E-state index in [4.69, 9.17) is 0 Å². The van der Waals surface area contributed by atoms with Gasteiger partial charge in [-0.3, -0.25) is 14.6 Å². The van der Waals surface area contributed by atoms with Crippen LogP contribution >= 0.6 is 11.3 Å². The summed E-state index contributed by atoms with van der Waals surface area (Å²) in [6, 6.07) is 10.8. The fourth-order valence-electron chi connectivity index (χ4n) is 3.23. The third kappa shape index (κ3) is 5.62. The molecule has 1 aliphatic heterocycles. The van der Waals surface area contributed by atoms with E-state index in [0.29, 0.717) is 13.1 Å². The number of benzene rings is 1. The Morgan fingerprint density at radius 2 is 1.85 bits per heavy atom. The summed E-state index contributed by atoms with van der Waals surface area (Å²) < 4.78 is 13.0. The van der Waals surface area contributed by atoms with Crippen LogP contribution in [0.15, 0.2) is 41.8 Å². The lowest BCUT2D eigenvalue weighted by Gasteiger charge is -2.24. The number of carbonyl (C=O) groups excluding carboxylic acids is 1. The Morgan fingerprint density at radius 1 is 1.12 bits per heavy atom. The summed E-state index contributed by atoms with van der Waals surface area (Å²) >= 11 is 1.68. The van der Waals surface area contributed by atoms with Gasteiger partial charge in [0.05, 0.1) is 13.1 Å². The normalized spacial score (nSPS) is 16.4. The van der Waals surface area contributed by atoms with Crippen LogP contribution in [0.2, 0.25) is 0 Å². The summed E-state index contributed by atoms with van der Waals surface area (Å²) in [5.74, 6) is -0.0219. The largest absolute Gasteiger partial charge is 0.340 e. The van der Waals surface area contributed by atoms with Gasteiger partial charge in [0.2, 0.25) is 5.91 Å². The van der Waals surface area contributed by atoms with Gasteiger partial charge < -0.3 is 4.90 Å². The fraction of sp³-hybridized carbons (Fsp3) is 0.450. The Labute approximate surface area is 158 Å². The molecule has 1 aromatic heterocycles. The lowest BCUT2D eigenvalue weighted by Crippen LogP contribution is -2.39. The van der Waals surface area contributed by atoms with Crippen LogP contribution < -0.4 is 0 Å². The number of hydrogen-bond donors (Lipinski definition) is 0. The first-order valence-corrected chi connectivity index (χ1v) is 9.93. The number of nitrogens with zero attached hydrogens (tertiary/aromatic N) is 3. The Morgan fingerprint density at radius 3 is 2.58 bits per heavy atom. The number of halogens is 1. The molecule has 140 valence electrons. The topological polar surface area (TPSA) is 26.8 Å². The molecular weight excluding hydrogens is 349 g/mol. The van der Waals surface area contributed by atoms with E-state index in [0.717, 1.165) is 44.7 Å². The highest BCUT2D eigenvalue weighted by atomic mass is 32.1. The van der Waals surface area contributed by atoms with Crippen LogP contribution in [0.1, 0.15) is 16.9 Å². The van der Waals surface area contributed by atoms with Crippen molar-refractivity contribution in [2.24, 2.45) is 0 Å². The molecule has 1 aromatic carbocycles. The zero-order valence-electron chi connectivity index (χ0n) is 15.2. The Balaban J connectivity index is 1.45. The minimum atomic E-state index is -0.194. The molecule has 0 spiro atoms. The highest BCUT2D eigenvalue weighted by Gasteiger charge is 2.19. The molecule has 4 nitrogen and oxygen atoms in total. The van der Waals surface area contributed by atoms with E-state index in [-0.39, 0.29) is 11.7 Å². The minimum Gasteiger partial charge on any atom is -0.340 e. The maximum Gasteiger partial charge on any atom is 0.236 e. The molecule has 0 atom stereocenters. The smallest absolute Gasteiger partial charge is 0.236 e. The van der Waals surface area contributed by atoms with E-state index in [1.54, 1.807) is 11.3 Å². The summed E-state index contributed by atoms with van der Waals surface area (Å²) in [6.07, 6.45) is 1.04. The second kappa shape index (κ2) is 9.26. The maximum atomic E-state index is 13.0. The zero-order chi connectivity index (χ0) is 18.4. The van der Waals surface area contributed by atoms with Crippen molar-refractivity contribution in [1.29, 1.82) is 0 Å². The van der Waals surface area contributed by atoms with Crippen molar-refractivity contribution >= 4 is 17.2 Å². The number of likely N-dealkylation sites (N-methyl/N-ethyl adjacent to an activating group) is 1. The van der Waals surface area contributed by atoms with E-state index >= 15 is 0 Å². The quantitative estimate of drug-likeness (QED) is 0.776. The monoisotopic (exact) mass is 375 g/mol. The van der Waals surface area contributed by atoms with Gasteiger partial charge in [0.25, 0.3) is 0 Å². The van der Waals surface area contributed by atoms with Gasteiger partial charge in [0, 0.05) is 31.6 Å². The van der Waals surface area contributed by atoms with Crippen molar-refractivity contribution in [1.82, 2.24) is 14.7 Å². The predicted molar refractivity (Wildman–Crippen MR) is 104 cm³/mol. The Kier molecular flexibility index (Phi) is 6.77. The van der Waals surface area contributed by atoms with Gasteiger partial charge in [-0.25, -0.2) is 4.39 Å². The SMILES string of the molecule is CN(Cc1cccs1)C(=O)CN1CCCN(Cc2ccc(F)cc2)CC1. The van der Waals surface area contributed by atoms with Crippen LogP contribution in [0.3, 0.4) is 0 Å². The van der Waals surface area contributed by atoms with Gasteiger partial charge in [0.1, 0.15) is 5.82 Å². The van der Waals surface area contributed by atoms with Gasteiger partial charge in [-0.1, -0.05) is 18.2 Å². The fourth-order valence-corrected chi connectivity index (χ4v) is 3.98. The number of hydrogen-bond acceptors (Lipinski definition) is 4.